The van der Waals surface area contributed by atoms with Crippen LogP contribution in [-0.2, 0) is 21.9 Å². The Morgan fingerprint density at radius 1 is 0.933 bits per heavy atom. The number of aliphatic hydroxyl groups is 1. The minimum Gasteiger partial charge on any atom is -0.507 e. The number of amides is 1. The number of ketones is 1. The summed E-state index contributed by atoms with van der Waals surface area (Å²) in [6, 6.07) is 25.1. The number of nitrogens with zero attached hydrogens (tertiary/aromatic N) is 3. The summed E-state index contributed by atoms with van der Waals surface area (Å²) >= 11 is 2.22. The van der Waals surface area contributed by atoms with Gasteiger partial charge in [-0.15, -0.1) is 10.2 Å². The van der Waals surface area contributed by atoms with E-state index in [9.17, 15) is 19.1 Å². The second kappa shape index (κ2) is 13.0. The number of carbonyl (C=O) groups is 2. The molecule has 1 amide bonds. The summed E-state index contributed by atoms with van der Waals surface area (Å²) in [5.74, 6) is -2.66. The second-order valence-electron chi connectivity index (χ2n) is 10.2. The van der Waals surface area contributed by atoms with Crippen LogP contribution in [-0.4, -0.2) is 27.0 Å². The SMILES string of the molecule is Cc1cccc(COc2ccc(C(O)=C3C(=O)C(=O)N(c4nnc(SCc5ccccc5F)s4)C3c3ccccc3F)cc2)c1. The van der Waals surface area contributed by atoms with Crippen molar-refractivity contribution in [2.45, 2.75) is 29.7 Å². The van der Waals surface area contributed by atoms with Crippen LogP contribution in [0.15, 0.2) is 107 Å². The van der Waals surface area contributed by atoms with E-state index in [-0.39, 0.29) is 33.4 Å². The quantitative estimate of drug-likeness (QED) is 0.0582. The van der Waals surface area contributed by atoms with Crippen molar-refractivity contribution in [2.24, 2.45) is 0 Å². The third-order valence-corrected chi connectivity index (χ3v) is 9.28. The molecule has 0 spiro atoms. The maximum absolute atomic E-state index is 15.2. The number of rotatable bonds is 9. The van der Waals surface area contributed by atoms with Crippen LogP contribution in [0.2, 0.25) is 0 Å². The van der Waals surface area contributed by atoms with Crippen LogP contribution in [0.25, 0.3) is 5.76 Å². The standard InChI is InChI=1S/C34H25F2N3O4S2/c1-20-7-6-8-21(17-20)18-43-24-15-13-22(14-16-24)30(40)28-29(25-10-3-5-12-27(25)36)39(32(42)31(28)41)33-37-38-34(45-33)44-19-23-9-2-4-11-26(23)35/h2-17,29,40H,18-19H2,1H3. The van der Waals surface area contributed by atoms with Gasteiger partial charge >= 0.3 is 5.91 Å². The van der Waals surface area contributed by atoms with Crippen molar-refractivity contribution >= 4 is 45.7 Å². The average Bonchev–Trinajstić information content (AvgIpc) is 3.61. The van der Waals surface area contributed by atoms with Gasteiger partial charge in [-0.05, 0) is 54.4 Å². The van der Waals surface area contributed by atoms with Crippen molar-refractivity contribution in [3.05, 3.63) is 142 Å². The first-order chi connectivity index (χ1) is 21.8. The highest BCUT2D eigenvalue weighted by molar-refractivity contribution is 8.00. The van der Waals surface area contributed by atoms with Crippen molar-refractivity contribution in [3.8, 4) is 5.75 Å². The van der Waals surface area contributed by atoms with Gasteiger partial charge in [-0.25, -0.2) is 8.78 Å². The van der Waals surface area contributed by atoms with E-state index >= 15 is 4.39 Å². The number of anilines is 1. The number of hydrogen-bond acceptors (Lipinski definition) is 8. The van der Waals surface area contributed by atoms with Crippen LogP contribution in [0.1, 0.15) is 33.9 Å². The molecule has 1 aromatic heterocycles. The van der Waals surface area contributed by atoms with Gasteiger partial charge in [-0.2, -0.15) is 0 Å². The summed E-state index contributed by atoms with van der Waals surface area (Å²) in [7, 11) is 0. The molecule has 0 aliphatic carbocycles. The van der Waals surface area contributed by atoms with E-state index in [0.29, 0.717) is 22.3 Å². The number of hydrogen-bond donors (Lipinski definition) is 1. The number of halogens is 2. The van der Waals surface area contributed by atoms with E-state index in [2.05, 4.69) is 10.2 Å². The Bertz CT molecular complexity index is 1930. The average molecular weight is 642 g/mol. The van der Waals surface area contributed by atoms with E-state index in [1.54, 1.807) is 48.5 Å². The third-order valence-electron chi connectivity index (χ3n) is 7.17. The van der Waals surface area contributed by atoms with E-state index in [4.69, 9.17) is 4.74 Å². The van der Waals surface area contributed by atoms with Gasteiger partial charge in [0.1, 0.15) is 35.8 Å². The van der Waals surface area contributed by atoms with E-state index in [0.717, 1.165) is 27.4 Å². The predicted molar refractivity (Wildman–Crippen MR) is 169 cm³/mol. The molecule has 45 heavy (non-hydrogen) atoms. The van der Waals surface area contributed by atoms with Crippen LogP contribution in [0.3, 0.4) is 0 Å². The van der Waals surface area contributed by atoms with Crippen LogP contribution in [0, 0.1) is 18.6 Å². The minimum atomic E-state index is -1.30. The van der Waals surface area contributed by atoms with Gasteiger partial charge in [0.25, 0.3) is 5.78 Å². The van der Waals surface area contributed by atoms with Crippen LogP contribution in [0.4, 0.5) is 13.9 Å². The molecule has 1 atom stereocenters. The third kappa shape index (κ3) is 6.36. The molecule has 0 bridgehead atoms. The number of Topliss-reactive ketones (excluding diaryl/α,β-unsaturated/α-hetero) is 1. The summed E-state index contributed by atoms with van der Waals surface area (Å²) in [5, 5.41) is 19.7. The molecule has 1 aliphatic heterocycles. The molecule has 0 radical (unpaired) electrons. The molecule has 7 nitrogen and oxygen atoms in total. The zero-order chi connectivity index (χ0) is 31.5. The summed E-state index contributed by atoms with van der Waals surface area (Å²) in [5.41, 5.74) is 2.55. The molecule has 1 aliphatic rings. The van der Waals surface area contributed by atoms with E-state index in [1.807, 2.05) is 31.2 Å². The maximum atomic E-state index is 15.2. The molecule has 5 aromatic rings. The molecule has 2 heterocycles. The largest absolute Gasteiger partial charge is 0.507 e. The first kappa shape index (κ1) is 30.2. The van der Waals surface area contributed by atoms with Crippen LogP contribution < -0.4 is 9.64 Å². The zero-order valence-corrected chi connectivity index (χ0v) is 25.4. The Labute approximate surface area is 265 Å². The summed E-state index contributed by atoms with van der Waals surface area (Å²) in [6.45, 7) is 2.34. The molecule has 6 rings (SSSR count). The zero-order valence-electron chi connectivity index (χ0n) is 23.8. The maximum Gasteiger partial charge on any atom is 0.301 e. The van der Waals surface area contributed by atoms with Gasteiger partial charge in [-0.1, -0.05) is 89.3 Å². The fraction of sp³-hybridized carbons (Fsp3) is 0.118. The molecule has 226 valence electrons. The molecule has 11 heteroatoms. The molecule has 1 saturated heterocycles. The molecule has 1 fully saturated rings. The number of aromatic nitrogens is 2. The number of aryl methyl sites for hydroxylation is 1. The van der Waals surface area contributed by atoms with Gasteiger partial charge in [0, 0.05) is 16.9 Å². The number of carbonyl (C=O) groups excluding carboxylic acids is 2. The van der Waals surface area contributed by atoms with Gasteiger partial charge in [-0.3, -0.25) is 14.5 Å². The predicted octanol–water partition coefficient (Wildman–Crippen LogP) is 7.62. The van der Waals surface area contributed by atoms with Gasteiger partial charge < -0.3 is 9.84 Å². The molecular formula is C34H25F2N3O4S2. The lowest BCUT2D eigenvalue weighted by molar-refractivity contribution is -0.132. The van der Waals surface area contributed by atoms with Crippen LogP contribution >= 0.6 is 23.1 Å². The lowest BCUT2D eigenvalue weighted by atomic mass is 9.95. The fourth-order valence-electron chi connectivity index (χ4n) is 4.97. The Hall–Kier alpha value is -4.87. The molecular weight excluding hydrogens is 617 g/mol. The normalized spacial score (nSPS) is 15.9. The topological polar surface area (TPSA) is 92.6 Å². The Morgan fingerprint density at radius 3 is 2.40 bits per heavy atom. The first-order valence-electron chi connectivity index (χ1n) is 13.8. The number of thioether (sulfide) groups is 1. The van der Waals surface area contributed by atoms with Crippen molar-refractivity contribution in [2.75, 3.05) is 4.90 Å². The van der Waals surface area contributed by atoms with Gasteiger partial charge in [0.2, 0.25) is 5.13 Å². The van der Waals surface area contributed by atoms with Crippen molar-refractivity contribution in [3.63, 3.8) is 0 Å². The van der Waals surface area contributed by atoms with Crippen molar-refractivity contribution in [1.82, 2.24) is 10.2 Å². The lowest BCUT2D eigenvalue weighted by Gasteiger charge is -2.22. The van der Waals surface area contributed by atoms with E-state index in [1.165, 1.54) is 36.0 Å². The highest BCUT2D eigenvalue weighted by Gasteiger charge is 2.49. The second-order valence-corrected chi connectivity index (χ2v) is 12.4. The lowest BCUT2D eigenvalue weighted by Crippen LogP contribution is -2.29. The monoisotopic (exact) mass is 641 g/mol. The highest BCUT2D eigenvalue weighted by Crippen LogP contribution is 2.44. The molecule has 4 aromatic carbocycles. The Kier molecular flexibility index (Phi) is 8.72. The number of ether oxygens (including phenoxy) is 1. The number of aliphatic hydroxyl groups excluding tert-OH is 1. The van der Waals surface area contributed by atoms with Crippen molar-refractivity contribution < 1.29 is 28.2 Å². The number of benzene rings is 4. The van der Waals surface area contributed by atoms with E-state index < -0.39 is 29.3 Å². The summed E-state index contributed by atoms with van der Waals surface area (Å²) in [4.78, 5) is 28.0. The molecule has 1 N–H and O–H groups in total. The highest BCUT2D eigenvalue weighted by atomic mass is 32.2. The minimum absolute atomic E-state index is 0.00659. The smallest absolute Gasteiger partial charge is 0.301 e. The molecule has 1 unspecified atom stereocenters. The fourth-order valence-corrected chi connectivity index (χ4v) is 6.82. The van der Waals surface area contributed by atoms with Crippen molar-refractivity contribution in [1.29, 1.82) is 0 Å². The Balaban J connectivity index is 1.31. The first-order valence-corrected chi connectivity index (χ1v) is 15.6. The molecule has 0 saturated carbocycles. The summed E-state index contributed by atoms with van der Waals surface area (Å²) in [6.07, 6.45) is 0. The van der Waals surface area contributed by atoms with Gasteiger partial charge in [0.05, 0.1) is 5.57 Å². The van der Waals surface area contributed by atoms with Gasteiger partial charge in [0.15, 0.2) is 4.34 Å². The Morgan fingerprint density at radius 2 is 1.67 bits per heavy atom. The summed E-state index contributed by atoms with van der Waals surface area (Å²) < 4.78 is 35.6. The van der Waals surface area contributed by atoms with Crippen LogP contribution in [0.5, 0.6) is 5.75 Å².